The average molecular weight is 370 g/mol. The molecule has 1 amide bonds. The van der Waals surface area contributed by atoms with E-state index in [1.54, 1.807) is 0 Å². The first-order valence-electron chi connectivity index (χ1n) is 8.51. The number of rotatable bonds is 7. The Kier molecular flexibility index (Phi) is 7.17. The summed E-state index contributed by atoms with van der Waals surface area (Å²) in [6.07, 6.45) is 4.49. The van der Waals surface area contributed by atoms with Gasteiger partial charge in [0, 0.05) is 17.6 Å². The minimum Gasteiger partial charge on any atom is -0.493 e. The molecule has 1 aromatic carbocycles. The Balaban J connectivity index is 1.91. The molecule has 1 aliphatic heterocycles. The van der Waals surface area contributed by atoms with E-state index >= 15 is 0 Å². The van der Waals surface area contributed by atoms with Crippen LogP contribution in [0.25, 0.3) is 0 Å². The van der Waals surface area contributed by atoms with Crippen LogP contribution in [-0.2, 0) is 9.63 Å². The largest absolute Gasteiger partial charge is 0.493 e. The maximum absolute atomic E-state index is 12.3. The van der Waals surface area contributed by atoms with Crippen molar-refractivity contribution in [3.63, 3.8) is 0 Å². The third-order valence-corrected chi connectivity index (χ3v) is 4.35. The number of carbonyl (C=O) groups is 1. The van der Waals surface area contributed by atoms with Crippen LogP contribution in [0.5, 0.6) is 11.5 Å². The van der Waals surface area contributed by atoms with Gasteiger partial charge in [0.15, 0.2) is 18.1 Å². The summed E-state index contributed by atoms with van der Waals surface area (Å²) in [7, 11) is 1.35. The summed E-state index contributed by atoms with van der Waals surface area (Å²) in [6, 6.07) is 4.77. The molecule has 1 aliphatic rings. The van der Waals surface area contributed by atoms with Gasteiger partial charge in [-0.05, 0) is 51.3 Å². The zero-order valence-corrected chi connectivity index (χ0v) is 15.2. The Labute approximate surface area is 151 Å². The fourth-order valence-electron chi connectivity index (χ4n) is 3.14. The second-order valence-electron chi connectivity index (χ2n) is 6.23. The van der Waals surface area contributed by atoms with E-state index in [4.69, 9.17) is 9.57 Å². The van der Waals surface area contributed by atoms with Crippen molar-refractivity contribution in [3.8, 4) is 11.5 Å². The number of nitrogens with zero attached hydrogens (tertiary/aromatic N) is 2. The van der Waals surface area contributed by atoms with E-state index in [1.807, 2.05) is 18.7 Å². The molecule has 1 aromatic rings. The summed E-state index contributed by atoms with van der Waals surface area (Å²) in [6.45, 7) is 0.991. The molecule has 1 fully saturated rings. The van der Waals surface area contributed by atoms with Crippen LogP contribution in [0.15, 0.2) is 23.4 Å². The number of likely N-dealkylation sites (tertiary alicyclic amines) is 1. The van der Waals surface area contributed by atoms with Crippen molar-refractivity contribution in [2.24, 2.45) is 5.16 Å². The predicted octanol–water partition coefficient (Wildman–Crippen LogP) is 3.44. The lowest BCUT2D eigenvalue weighted by Gasteiger charge is -2.38. The normalized spacial score (nSPS) is 20.5. The number of hydrogen-bond acceptors (Lipinski definition) is 5. The monoisotopic (exact) mass is 370 g/mol. The average Bonchev–Trinajstić information content (AvgIpc) is 2.59. The summed E-state index contributed by atoms with van der Waals surface area (Å²) < 4.78 is 34.0. The topological polar surface area (TPSA) is 60.4 Å². The number of piperidine rings is 1. The van der Waals surface area contributed by atoms with Crippen LogP contribution < -0.4 is 9.47 Å². The number of methoxy groups -OCH3 is 1. The van der Waals surface area contributed by atoms with Crippen LogP contribution in [0.4, 0.5) is 8.78 Å². The maximum atomic E-state index is 12.3. The van der Waals surface area contributed by atoms with E-state index < -0.39 is 6.61 Å². The molecule has 8 heteroatoms. The number of carbonyl (C=O) groups excluding carboxylic acids is 1. The standard InChI is InChI=1S/C18H24F2N2O4/c1-12-5-4-6-13(2)22(12)17(23)11-25-21-10-14-7-8-15(26-18(19)20)16(9-14)24-3/h7-10,12-13,18H,4-6,11H2,1-3H3/b21-10+. The van der Waals surface area contributed by atoms with Gasteiger partial charge in [-0.1, -0.05) is 5.16 Å². The quantitative estimate of drug-likeness (QED) is 0.545. The van der Waals surface area contributed by atoms with Gasteiger partial charge >= 0.3 is 6.61 Å². The van der Waals surface area contributed by atoms with E-state index in [9.17, 15) is 13.6 Å². The SMILES string of the molecule is COc1cc(/C=N/OCC(=O)N2C(C)CCCC2C)ccc1OC(F)F. The highest BCUT2D eigenvalue weighted by Crippen LogP contribution is 2.29. The molecule has 26 heavy (non-hydrogen) atoms. The zero-order chi connectivity index (χ0) is 19.1. The number of amides is 1. The number of hydrogen-bond donors (Lipinski definition) is 0. The van der Waals surface area contributed by atoms with Gasteiger partial charge in [0.25, 0.3) is 5.91 Å². The van der Waals surface area contributed by atoms with Crippen LogP contribution in [0, 0.1) is 0 Å². The van der Waals surface area contributed by atoms with Gasteiger partial charge in [-0.2, -0.15) is 8.78 Å². The van der Waals surface area contributed by atoms with Crippen molar-refractivity contribution in [1.29, 1.82) is 0 Å². The molecule has 0 aromatic heterocycles. The first-order valence-corrected chi connectivity index (χ1v) is 8.51. The molecular weight excluding hydrogens is 346 g/mol. The molecule has 1 heterocycles. The molecule has 2 rings (SSSR count). The smallest absolute Gasteiger partial charge is 0.387 e. The Morgan fingerprint density at radius 1 is 1.31 bits per heavy atom. The van der Waals surface area contributed by atoms with Crippen molar-refractivity contribution in [2.45, 2.75) is 51.8 Å². The highest BCUT2D eigenvalue weighted by atomic mass is 19.3. The van der Waals surface area contributed by atoms with Crippen LogP contribution in [-0.4, -0.2) is 49.4 Å². The highest BCUT2D eigenvalue weighted by Gasteiger charge is 2.28. The van der Waals surface area contributed by atoms with Gasteiger partial charge in [-0.15, -0.1) is 0 Å². The molecule has 1 saturated heterocycles. The van der Waals surface area contributed by atoms with Crippen LogP contribution in [0.2, 0.25) is 0 Å². The number of halogens is 2. The Morgan fingerprint density at radius 3 is 2.62 bits per heavy atom. The number of alkyl halides is 2. The highest BCUT2D eigenvalue weighted by molar-refractivity contribution is 5.81. The lowest BCUT2D eigenvalue weighted by Crippen LogP contribution is -2.48. The van der Waals surface area contributed by atoms with E-state index in [0.717, 1.165) is 19.3 Å². The first kappa shape index (κ1) is 19.9. The molecule has 0 radical (unpaired) electrons. The van der Waals surface area contributed by atoms with Gasteiger partial charge in [-0.25, -0.2) is 0 Å². The summed E-state index contributed by atoms with van der Waals surface area (Å²) in [4.78, 5) is 19.2. The zero-order valence-electron chi connectivity index (χ0n) is 15.2. The second-order valence-corrected chi connectivity index (χ2v) is 6.23. The minimum atomic E-state index is -2.93. The molecule has 0 bridgehead atoms. The van der Waals surface area contributed by atoms with E-state index in [2.05, 4.69) is 9.89 Å². The van der Waals surface area contributed by atoms with Gasteiger partial charge in [0.2, 0.25) is 0 Å². The lowest BCUT2D eigenvalue weighted by molar-refractivity contribution is -0.142. The molecule has 0 saturated carbocycles. The van der Waals surface area contributed by atoms with Crippen LogP contribution in [0.1, 0.15) is 38.7 Å². The summed E-state index contributed by atoms with van der Waals surface area (Å²) in [5.41, 5.74) is 0.565. The van der Waals surface area contributed by atoms with Crippen LogP contribution >= 0.6 is 0 Å². The van der Waals surface area contributed by atoms with Gasteiger partial charge in [-0.3, -0.25) is 4.79 Å². The molecule has 0 aliphatic carbocycles. The van der Waals surface area contributed by atoms with E-state index in [0.29, 0.717) is 5.56 Å². The van der Waals surface area contributed by atoms with E-state index in [1.165, 1.54) is 31.5 Å². The van der Waals surface area contributed by atoms with Gasteiger partial charge in [0.05, 0.1) is 13.3 Å². The van der Waals surface area contributed by atoms with Crippen LogP contribution in [0.3, 0.4) is 0 Å². The summed E-state index contributed by atoms with van der Waals surface area (Å²) >= 11 is 0. The Hall–Kier alpha value is -2.38. The lowest BCUT2D eigenvalue weighted by atomic mass is 9.97. The van der Waals surface area contributed by atoms with Gasteiger partial charge in [0.1, 0.15) is 0 Å². The van der Waals surface area contributed by atoms with E-state index in [-0.39, 0.29) is 36.1 Å². The number of benzene rings is 1. The molecule has 0 spiro atoms. The second kappa shape index (κ2) is 9.35. The van der Waals surface area contributed by atoms with Crippen molar-refractivity contribution in [3.05, 3.63) is 23.8 Å². The molecule has 2 unspecified atom stereocenters. The molecule has 0 N–H and O–H groups in total. The third kappa shape index (κ3) is 5.31. The van der Waals surface area contributed by atoms with Crippen molar-refractivity contribution in [2.75, 3.05) is 13.7 Å². The summed E-state index contributed by atoms with van der Waals surface area (Å²) in [5.74, 6) is -0.00905. The molecular formula is C18H24F2N2O4. The predicted molar refractivity (Wildman–Crippen MR) is 92.8 cm³/mol. The first-order chi connectivity index (χ1) is 12.4. The minimum absolute atomic E-state index is 0.0659. The Bertz CT molecular complexity index is 630. The van der Waals surface area contributed by atoms with Gasteiger partial charge < -0.3 is 19.2 Å². The number of oxime groups is 1. The summed E-state index contributed by atoms with van der Waals surface area (Å²) in [5, 5.41) is 3.78. The molecule has 6 nitrogen and oxygen atoms in total. The van der Waals surface area contributed by atoms with Crippen molar-refractivity contribution < 1.29 is 27.9 Å². The number of ether oxygens (including phenoxy) is 2. The fraction of sp³-hybridized carbons (Fsp3) is 0.556. The van der Waals surface area contributed by atoms with Crippen molar-refractivity contribution >= 4 is 12.1 Å². The third-order valence-electron chi connectivity index (χ3n) is 4.35. The Morgan fingerprint density at radius 2 is 2.00 bits per heavy atom. The maximum Gasteiger partial charge on any atom is 0.387 e. The van der Waals surface area contributed by atoms with Crippen molar-refractivity contribution in [1.82, 2.24) is 4.90 Å². The molecule has 2 atom stereocenters. The fourth-order valence-corrected chi connectivity index (χ4v) is 3.14. The molecule has 144 valence electrons.